The van der Waals surface area contributed by atoms with Crippen LogP contribution in [0.15, 0.2) is 18.2 Å². The van der Waals surface area contributed by atoms with Crippen molar-refractivity contribution in [3.8, 4) is 6.07 Å². The standard InChI is InChI=1S/C11H7F4NO5S/c12-8-3-6(4-16)1-2-7(8)10(17)21-9(11(13,14)15)5-22(18,19)20/h1-3,9H,5H2,(H,18,19,20). The summed E-state index contributed by atoms with van der Waals surface area (Å²) in [5.74, 6) is -5.01. The van der Waals surface area contributed by atoms with Crippen LogP contribution in [-0.4, -0.2) is 37.0 Å². The number of carbonyl (C=O) groups is 1. The molecule has 0 aliphatic heterocycles. The monoisotopic (exact) mass is 341 g/mol. The maximum atomic E-state index is 13.5. The summed E-state index contributed by atoms with van der Waals surface area (Å²) < 4.78 is 84.5. The largest absolute Gasteiger partial charge is 0.448 e. The normalized spacial score (nSPS) is 13.3. The second-order valence-electron chi connectivity index (χ2n) is 3.99. The highest BCUT2D eigenvalue weighted by atomic mass is 32.2. The van der Waals surface area contributed by atoms with Crippen molar-refractivity contribution in [2.24, 2.45) is 0 Å². The van der Waals surface area contributed by atoms with E-state index >= 15 is 0 Å². The number of hydrogen-bond donors (Lipinski definition) is 1. The van der Waals surface area contributed by atoms with E-state index in [1.165, 1.54) is 0 Å². The Kier molecular flexibility index (Phi) is 5.10. The van der Waals surface area contributed by atoms with E-state index in [4.69, 9.17) is 9.81 Å². The average molecular weight is 341 g/mol. The molecule has 1 unspecified atom stereocenters. The lowest BCUT2D eigenvalue weighted by Gasteiger charge is -2.19. The smallest absolute Gasteiger partial charge is 0.426 e. The molecule has 0 saturated heterocycles. The van der Waals surface area contributed by atoms with Gasteiger partial charge in [0.2, 0.25) is 6.10 Å². The van der Waals surface area contributed by atoms with E-state index in [-0.39, 0.29) is 5.56 Å². The van der Waals surface area contributed by atoms with Gasteiger partial charge in [-0.2, -0.15) is 26.9 Å². The van der Waals surface area contributed by atoms with E-state index < -0.39 is 45.5 Å². The third kappa shape index (κ3) is 4.97. The fourth-order valence-electron chi connectivity index (χ4n) is 1.33. The average Bonchev–Trinajstić information content (AvgIpc) is 2.34. The minimum atomic E-state index is -5.28. The molecule has 0 amide bonds. The van der Waals surface area contributed by atoms with Crippen LogP contribution >= 0.6 is 0 Å². The SMILES string of the molecule is N#Cc1ccc(C(=O)OC(CS(=O)(=O)O)C(F)(F)F)c(F)c1. The Labute approximate surface area is 121 Å². The van der Waals surface area contributed by atoms with Crippen molar-refractivity contribution < 1.29 is 40.1 Å². The van der Waals surface area contributed by atoms with Crippen LogP contribution in [0.2, 0.25) is 0 Å². The van der Waals surface area contributed by atoms with Crippen LogP contribution in [0.3, 0.4) is 0 Å². The first-order chi connectivity index (χ1) is 9.94. The van der Waals surface area contributed by atoms with Crippen molar-refractivity contribution in [2.75, 3.05) is 5.75 Å². The van der Waals surface area contributed by atoms with Gasteiger partial charge in [0.1, 0.15) is 11.6 Å². The molecule has 6 nitrogen and oxygen atoms in total. The Morgan fingerprint density at radius 3 is 2.41 bits per heavy atom. The molecular weight excluding hydrogens is 334 g/mol. The molecule has 1 atom stereocenters. The number of rotatable bonds is 4. The molecule has 120 valence electrons. The molecule has 0 fully saturated rings. The summed E-state index contributed by atoms with van der Waals surface area (Å²) in [5, 5.41) is 8.50. The van der Waals surface area contributed by atoms with Gasteiger partial charge in [-0.05, 0) is 18.2 Å². The van der Waals surface area contributed by atoms with Crippen LogP contribution in [-0.2, 0) is 14.9 Å². The van der Waals surface area contributed by atoms with E-state index in [0.29, 0.717) is 6.07 Å². The number of esters is 1. The van der Waals surface area contributed by atoms with Crippen molar-refractivity contribution in [1.82, 2.24) is 0 Å². The van der Waals surface area contributed by atoms with Gasteiger partial charge in [0.25, 0.3) is 10.1 Å². The van der Waals surface area contributed by atoms with E-state index in [2.05, 4.69) is 4.74 Å². The van der Waals surface area contributed by atoms with Crippen LogP contribution < -0.4 is 0 Å². The quantitative estimate of drug-likeness (QED) is 0.507. The van der Waals surface area contributed by atoms with Crippen molar-refractivity contribution in [2.45, 2.75) is 12.3 Å². The van der Waals surface area contributed by atoms with Gasteiger partial charge in [0.05, 0.1) is 17.2 Å². The van der Waals surface area contributed by atoms with Gasteiger partial charge in [-0.1, -0.05) is 0 Å². The molecule has 0 bridgehead atoms. The van der Waals surface area contributed by atoms with Gasteiger partial charge in [-0.3, -0.25) is 4.55 Å². The van der Waals surface area contributed by atoms with Crippen molar-refractivity contribution in [1.29, 1.82) is 5.26 Å². The molecule has 1 aromatic carbocycles. The number of benzene rings is 1. The number of hydrogen-bond acceptors (Lipinski definition) is 5. The number of alkyl halides is 3. The number of nitrogens with zero attached hydrogens (tertiary/aromatic N) is 1. The molecular formula is C11H7F4NO5S. The lowest BCUT2D eigenvalue weighted by Crippen LogP contribution is -2.39. The van der Waals surface area contributed by atoms with Crippen molar-refractivity contribution in [3.63, 3.8) is 0 Å². The van der Waals surface area contributed by atoms with Crippen molar-refractivity contribution >= 4 is 16.1 Å². The summed E-state index contributed by atoms with van der Waals surface area (Å²) in [5.41, 5.74) is -1.09. The first-order valence-corrected chi connectivity index (χ1v) is 6.97. The highest BCUT2D eigenvalue weighted by Crippen LogP contribution is 2.25. The third-order valence-electron chi connectivity index (χ3n) is 2.29. The minimum Gasteiger partial charge on any atom is -0.448 e. The van der Waals surface area contributed by atoms with E-state index in [9.17, 15) is 30.8 Å². The molecule has 0 aromatic heterocycles. The Morgan fingerprint density at radius 2 is 2.00 bits per heavy atom. The lowest BCUT2D eigenvalue weighted by molar-refractivity contribution is -0.197. The van der Waals surface area contributed by atoms with E-state index in [1.54, 1.807) is 6.07 Å². The zero-order valence-electron chi connectivity index (χ0n) is 10.5. The zero-order valence-corrected chi connectivity index (χ0v) is 11.3. The Hall–Kier alpha value is -2.19. The van der Waals surface area contributed by atoms with Gasteiger partial charge in [0.15, 0.2) is 0 Å². The maximum Gasteiger partial charge on any atom is 0.426 e. The van der Waals surface area contributed by atoms with Crippen LogP contribution in [0.5, 0.6) is 0 Å². The minimum absolute atomic E-state index is 0.181. The molecule has 11 heteroatoms. The van der Waals surface area contributed by atoms with Crippen LogP contribution in [0.4, 0.5) is 17.6 Å². The van der Waals surface area contributed by atoms with Gasteiger partial charge in [-0.25, -0.2) is 9.18 Å². The fraction of sp³-hybridized carbons (Fsp3) is 0.273. The van der Waals surface area contributed by atoms with Gasteiger partial charge < -0.3 is 4.74 Å². The summed E-state index contributed by atoms with van der Waals surface area (Å²) in [6, 6.07) is 3.83. The molecule has 0 spiro atoms. The summed E-state index contributed by atoms with van der Waals surface area (Å²) in [7, 11) is -5.09. The van der Waals surface area contributed by atoms with Gasteiger partial charge in [-0.15, -0.1) is 0 Å². The molecule has 1 aromatic rings. The zero-order chi connectivity index (χ0) is 17.1. The topological polar surface area (TPSA) is 104 Å². The molecule has 0 heterocycles. The predicted octanol–water partition coefficient (Wildman–Crippen LogP) is 1.67. The summed E-state index contributed by atoms with van der Waals surface area (Å²) >= 11 is 0. The molecule has 1 N–H and O–H groups in total. The first kappa shape index (κ1) is 17.9. The first-order valence-electron chi connectivity index (χ1n) is 5.36. The number of ether oxygens (including phenoxy) is 1. The third-order valence-corrected chi connectivity index (χ3v) is 3.02. The van der Waals surface area contributed by atoms with E-state index in [1.807, 2.05) is 0 Å². The van der Waals surface area contributed by atoms with Gasteiger partial charge in [0, 0.05) is 0 Å². The molecule has 0 aliphatic carbocycles. The maximum absolute atomic E-state index is 13.5. The molecule has 22 heavy (non-hydrogen) atoms. The Balaban J connectivity index is 3.04. The van der Waals surface area contributed by atoms with Crippen molar-refractivity contribution in [3.05, 3.63) is 35.1 Å². The van der Waals surface area contributed by atoms with Gasteiger partial charge >= 0.3 is 12.1 Å². The van der Waals surface area contributed by atoms with Crippen LogP contribution in [0, 0.1) is 17.1 Å². The molecule has 0 saturated carbocycles. The molecule has 0 aliphatic rings. The lowest BCUT2D eigenvalue weighted by atomic mass is 10.1. The molecule has 1 rings (SSSR count). The molecule has 0 radical (unpaired) electrons. The number of carbonyl (C=O) groups excluding carboxylic acids is 1. The number of halogens is 4. The number of nitriles is 1. The van der Waals surface area contributed by atoms with Crippen LogP contribution in [0.1, 0.15) is 15.9 Å². The van der Waals surface area contributed by atoms with Crippen LogP contribution in [0.25, 0.3) is 0 Å². The highest BCUT2D eigenvalue weighted by molar-refractivity contribution is 7.85. The highest BCUT2D eigenvalue weighted by Gasteiger charge is 2.45. The summed E-state index contributed by atoms with van der Waals surface area (Å²) in [6.07, 6.45) is -8.45. The predicted molar refractivity (Wildman–Crippen MR) is 62.8 cm³/mol. The summed E-state index contributed by atoms with van der Waals surface area (Å²) in [4.78, 5) is 11.5. The second-order valence-corrected chi connectivity index (χ2v) is 5.49. The van der Waals surface area contributed by atoms with E-state index in [0.717, 1.165) is 12.1 Å². The Morgan fingerprint density at radius 1 is 1.41 bits per heavy atom. The fourth-order valence-corrected chi connectivity index (χ4v) is 1.97. The Bertz CT molecular complexity index is 723. The summed E-state index contributed by atoms with van der Waals surface area (Å²) in [6.45, 7) is 0. The second kappa shape index (κ2) is 6.29.